The van der Waals surface area contributed by atoms with Gasteiger partial charge in [0.15, 0.2) is 0 Å². The van der Waals surface area contributed by atoms with Crippen LogP contribution >= 0.6 is 0 Å². The predicted molar refractivity (Wildman–Crippen MR) is 81.3 cm³/mol. The highest BCUT2D eigenvalue weighted by Gasteiger charge is 1.95. The minimum atomic E-state index is -4.48. The molecule has 20 heavy (non-hydrogen) atoms. The molecule has 0 fully saturated rings. The Morgan fingerprint density at radius 1 is 0.850 bits per heavy atom. The van der Waals surface area contributed by atoms with E-state index in [0.29, 0.717) is 6.42 Å². The zero-order valence-corrected chi connectivity index (χ0v) is 14.2. The third-order valence-corrected chi connectivity index (χ3v) is 3.18. The molecule has 0 bridgehead atoms. The summed E-state index contributed by atoms with van der Waals surface area (Å²) in [5.74, 6) is 0. The van der Waals surface area contributed by atoms with E-state index in [0.717, 1.165) is 12.8 Å². The minimum Gasteiger partial charge on any atom is -0.726 e. The number of hydrogen-bond donors (Lipinski definition) is 1. The highest BCUT2D eigenvalue weighted by Crippen LogP contribution is 2.10. The Balaban J connectivity index is 0. The summed E-state index contributed by atoms with van der Waals surface area (Å²) in [4.78, 5) is 0. The van der Waals surface area contributed by atoms with Crippen LogP contribution in [-0.2, 0) is 14.6 Å². The molecule has 0 saturated heterocycles. The Kier molecular flexibility index (Phi) is 18.7. The van der Waals surface area contributed by atoms with Gasteiger partial charge in [0.05, 0.1) is 20.7 Å². The van der Waals surface area contributed by atoms with Crippen molar-refractivity contribution in [2.45, 2.75) is 71.1 Å². The maximum Gasteiger partial charge on any atom is 0.217 e. The number of unbranched alkanes of at least 4 members (excludes halogenated alkanes) is 9. The smallest absolute Gasteiger partial charge is 0.217 e. The third kappa shape index (κ3) is 26.4. The maximum absolute atomic E-state index is 10.1. The summed E-state index contributed by atoms with van der Waals surface area (Å²) in [7, 11) is -0.484. The van der Waals surface area contributed by atoms with Gasteiger partial charge >= 0.3 is 0 Å². The van der Waals surface area contributed by atoms with Gasteiger partial charge in [-0.05, 0) is 6.42 Å². The minimum absolute atomic E-state index is 0.0301. The van der Waals surface area contributed by atoms with Crippen LogP contribution < -0.4 is 5.32 Å². The van der Waals surface area contributed by atoms with Crippen LogP contribution in [-0.4, -0.2) is 33.7 Å². The molecule has 2 N–H and O–H groups in total. The van der Waals surface area contributed by atoms with Crippen molar-refractivity contribution in [3.05, 3.63) is 0 Å². The van der Waals surface area contributed by atoms with E-state index < -0.39 is 10.4 Å². The first-order valence-electron chi connectivity index (χ1n) is 7.82. The average molecular weight is 311 g/mol. The Morgan fingerprint density at radius 3 is 1.55 bits per heavy atom. The van der Waals surface area contributed by atoms with Gasteiger partial charge in [0.1, 0.15) is 0 Å². The van der Waals surface area contributed by atoms with Crippen molar-refractivity contribution >= 4 is 10.4 Å². The lowest BCUT2D eigenvalue weighted by molar-refractivity contribution is -0.597. The van der Waals surface area contributed by atoms with Crippen LogP contribution in [0, 0.1) is 0 Å². The highest BCUT2D eigenvalue weighted by atomic mass is 32.3. The van der Waals surface area contributed by atoms with Crippen molar-refractivity contribution in [3.8, 4) is 0 Å². The van der Waals surface area contributed by atoms with E-state index in [9.17, 15) is 13.0 Å². The van der Waals surface area contributed by atoms with Gasteiger partial charge in [0, 0.05) is 0 Å². The largest absolute Gasteiger partial charge is 0.726 e. The lowest BCUT2D eigenvalue weighted by atomic mass is 10.1. The van der Waals surface area contributed by atoms with Crippen LogP contribution in [0.1, 0.15) is 71.1 Å². The van der Waals surface area contributed by atoms with Crippen LogP contribution in [0.15, 0.2) is 0 Å². The molecule has 0 rings (SSSR count). The van der Waals surface area contributed by atoms with Gasteiger partial charge < -0.3 is 9.87 Å². The van der Waals surface area contributed by atoms with Gasteiger partial charge in [-0.3, -0.25) is 4.18 Å². The summed E-state index contributed by atoms with van der Waals surface area (Å²) in [6.45, 7) is 2.24. The van der Waals surface area contributed by atoms with Crippen molar-refractivity contribution in [1.82, 2.24) is 0 Å². The van der Waals surface area contributed by atoms with E-state index in [-0.39, 0.29) is 6.61 Å². The van der Waals surface area contributed by atoms with Gasteiger partial charge in [-0.2, -0.15) is 0 Å². The zero-order valence-electron chi connectivity index (χ0n) is 13.4. The van der Waals surface area contributed by atoms with Crippen LogP contribution in [0.5, 0.6) is 0 Å². The van der Waals surface area contributed by atoms with E-state index in [1.165, 1.54) is 44.9 Å². The lowest BCUT2D eigenvalue weighted by Gasteiger charge is -2.06. The predicted octanol–water partition coefficient (Wildman–Crippen LogP) is 2.19. The van der Waals surface area contributed by atoms with Crippen LogP contribution in [0.3, 0.4) is 0 Å². The van der Waals surface area contributed by atoms with Crippen LogP contribution in [0.4, 0.5) is 0 Å². The maximum atomic E-state index is 10.1. The Bertz CT molecular complexity index is 268. The SMILES string of the molecule is CCCCCCCCCCCCOS(=O)(=O)[O-].C[NH2+]C. The van der Waals surface area contributed by atoms with Crippen LogP contribution in [0.2, 0.25) is 0 Å². The molecule has 124 valence electrons. The van der Waals surface area contributed by atoms with E-state index in [2.05, 4.69) is 11.1 Å². The fraction of sp³-hybridized carbons (Fsp3) is 1.00. The summed E-state index contributed by atoms with van der Waals surface area (Å²) in [6.07, 6.45) is 11.7. The number of hydrogen-bond acceptors (Lipinski definition) is 4. The summed E-state index contributed by atoms with van der Waals surface area (Å²) >= 11 is 0. The first-order valence-corrected chi connectivity index (χ1v) is 9.15. The Morgan fingerprint density at radius 2 is 1.20 bits per heavy atom. The fourth-order valence-corrected chi connectivity index (χ4v) is 2.07. The Hall–Kier alpha value is -0.170. The molecule has 0 radical (unpaired) electrons. The monoisotopic (exact) mass is 311 g/mol. The first kappa shape index (κ1) is 22.1. The van der Waals surface area contributed by atoms with Gasteiger partial charge in [-0.25, -0.2) is 8.42 Å². The van der Waals surface area contributed by atoms with Crippen molar-refractivity contribution in [3.63, 3.8) is 0 Å². The molecule has 0 heterocycles. The lowest BCUT2D eigenvalue weighted by Crippen LogP contribution is -2.74. The summed E-state index contributed by atoms with van der Waals surface area (Å²) in [6, 6.07) is 0. The molecule has 0 unspecified atom stereocenters. The second-order valence-corrected chi connectivity index (χ2v) is 6.04. The fourth-order valence-electron chi connectivity index (χ4n) is 1.75. The molecule has 0 aliphatic heterocycles. The molecule has 5 nitrogen and oxygen atoms in total. The molecule has 6 heteroatoms. The molecule has 0 aromatic rings. The molecular formula is C14H33NO4S. The van der Waals surface area contributed by atoms with E-state index in [4.69, 9.17) is 0 Å². The summed E-state index contributed by atoms with van der Waals surface area (Å²) in [5.41, 5.74) is 0. The van der Waals surface area contributed by atoms with E-state index in [1.54, 1.807) is 0 Å². The summed E-state index contributed by atoms with van der Waals surface area (Å²) < 4.78 is 34.5. The van der Waals surface area contributed by atoms with Gasteiger partial charge in [0.2, 0.25) is 10.4 Å². The average Bonchev–Trinajstić information content (AvgIpc) is 2.35. The molecule has 0 aromatic heterocycles. The Labute approximate surface area is 125 Å². The molecule has 0 aromatic carbocycles. The van der Waals surface area contributed by atoms with Crippen molar-refractivity contribution in [2.24, 2.45) is 0 Å². The zero-order chi connectivity index (χ0) is 15.7. The standard InChI is InChI=1S/C12H26O4S.C2H7N/c1-2-3-4-5-6-7-8-9-10-11-12-16-17(13,14)15;1-3-2/h2-12H2,1H3,(H,13,14,15);3H,1-2H3. The van der Waals surface area contributed by atoms with E-state index >= 15 is 0 Å². The molecule has 0 aliphatic carbocycles. The topological polar surface area (TPSA) is 83.0 Å². The van der Waals surface area contributed by atoms with Gasteiger partial charge in [-0.15, -0.1) is 0 Å². The normalized spacial score (nSPS) is 11.0. The quantitative estimate of drug-likeness (QED) is 0.340. The third-order valence-electron chi connectivity index (χ3n) is 2.73. The number of rotatable bonds is 12. The second kappa shape index (κ2) is 16.9. The van der Waals surface area contributed by atoms with Crippen molar-refractivity contribution < 1.29 is 22.5 Å². The molecule has 0 atom stereocenters. The second-order valence-electron chi connectivity index (χ2n) is 4.99. The molecule has 0 saturated carbocycles. The van der Waals surface area contributed by atoms with Gasteiger partial charge in [-0.1, -0.05) is 64.7 Å². The van der Waals surface area contributed by atoms with Crippen molar-refractivity contribution in [2.75, 3.05) is 20.7 Å². The van der Waals surface area contributed by atoms with Crippen LogP contribution in [0.25, 0.3) is 0 Å². The number of nitrogens with two attached hydrogens (primary N) is 1. The molecule has 0 aliphatic rings. The van der Waals surface area contributed by atoms with Crippen molar-refractivity contribution in [1.29, 1.82) is 0 Å². The summed E-state index contributed by atoms with van der Waals surface area (Å²) in [5, 5.41) is 2.00. The first-order chi connectivity index (χ1) is 9.47. The highest BCUT2D eigenvalue weighted by molar-refractivity contribution is 7.80. The molecule has 0 amide bonds. The van der Waals surface area contributed by atoms with Gasteiger partial charge in [0.25, 0.3) is 0 Å². The molecule has 0 spiro atoms. The number of quaternary nitrogens is 1. The molecular weight excluding hydrogens is 278 g/mol. The van der Waals surface area contributed by atoms with E-state index in [1.807, 2.05) is 19.4 Å².